The lowest BCUT2D eigenvalue weighted by Crippen LogP contribution is -2.55. The number of rotatable bonds is 2. The van der Waals surface area contributed by atoms with Crippen LogP contribution in [0.3, 0.4) is 0 Å². The predicted molar refractivity (Wildman–Crippen MR) is 91.6 cm³/mol. The molecule has 1 aromatic carbocycles. The lowest BCUT2D eigenvalue weighted by Gasteiger charge is -2.37. The highest BCUT2D eigenvalue weighted by molar-refractivity contribution is 5.83. The summed E-state index contributed by atoms with van der Waals surface area (Å²) in [6.45, 7) is 8.00. The summed E-state index contributed by atoms with van der Waals surface area (Å²) in [7, 11) is 0. The Morgan fingerprint density at radius 3 is 2.91 bits per heavy atom. The number of nitrogens with zero attached hydrogens (tertiary/aromatic N) is 1. The standard InChI is InChI=1S/C18H25N3O2/c1-18(2,3)23-17(22)21-9-8-19-12-14(21)10-13-11-20-16-7-5-4-6-15(13)16/h4-7,11,14,19-20H,8-10,12H2,1-3H3/t14-/m0/s1. The second-order valence-corrected chi connectivity index (χ2v) is 7.10. The molecule has 0 unspecified atom stereocenters. The lowest BCUT2D eigenvalue weighted by molar-refractivity contribution is 0.0122. The van der Waals surface area contributed by atoms with Crippen LogP contribution in [0, 0.1) is 0 Å². The minimum atomic E-state index is -0.465. The van der Waals surface area contributed by atoms with Gasteiger partial charge in [0.25, 0.3) is 0 Å². The van der Waals surface area contributed by atoms with E-state index in [1.165, 1.54) is 10.9 Å². The highest BCUT2D eigenvalue weighted by Crippen LogP contribution is 2.22. The van der Waals surface area contributed by atoms with E-state index in [0.29, 0.717) is 6.54 Å². The minimum Gasteiger partial charge on any atom is -0.444 e. The molecule has 1 saturated heterocycles. The van der Waals surface area contributed by atoms with Crippen LogP contribution in [-0.2, 0) is 11.2 Å². The molecule has 0 radical (unpaired) electrons. The maximum absolute atomic E-state index is 12.5. The van der Waals surface area contributed by atoms with Crippen molar-refractivity contribution in [2.45, 2.75) is 38.8 Å². The molecule has 1 aliphatic rings. The van der Waals surface area contributed by atoms with Crippen LogP contribution in [0.1, 0.15) is 26.3 Å². The van der Waals surface area contributed by atoms with Gasteiger partial charge in [0.2, 0.25) is 0 Å². The molecule has 3 rings (SSSR count). The van der Waals surface area contributed by atoms with Gasteiger partial charge in [0.1, 0.15) is 5.60 Å². The first-order valence-electron chi connectivity index (χ1n) is 8.19. The van der Waals surface area contributed by atoms with Gasteiger partial charge < -0.3 is 19.9 Å². The summed E-state index contributed by atoms with van der Waals surface area (Å²) in [6.07, 6.45) is 2.65. The van der Waals surface area contributed by atoms with Crippen LogP contribution in [0.4, 0.5) is 4.79 Å². The average Bonchev–Trinajstić information content (AvgIpc) is 2.89. The van der Waals surface area contributed by atoms with E-state index < -0.39 is 5.60 Å². The first-order valence-corrected chi connectivity index (χ1v) is 8.19. The Balaban J connectivity index is 1.78. The highest BCUT2D eigenvalue weighted by Gasteiger charge is 2.30. The number of aromatic amines is 1. The second kappa shape index (κ2) is 6.24. The van der Waals surface area contributed by atoms with Crippen LogP contribution >= 0.6 is 0 Å². The van der Waals surface area contributed by atoms with Gasteiger partial charge in [-0.2, -0.15) is 0 Å². The molecule has 1 atom stereocenters. The Morgan fingerprint density at radius 1 is 1.35 bits per heavy atom. The summed E-state index contributed by atoms with van der Waals surface area (Å²) in [4.78, 5) is 17.7. The summed E-state index contributed by atoms with van der Waals surface area (Å²) in [6, 6.07) is 8.37. The van der Waals surface area contributed by atoms with E-state index in [9.17, 15) is 4.79 Å². The molecule has 0 bridgehead atoms. The molecule has 2 heterocycles. The van der Waals surface area contributed by atoms with Crippen molar-refractivity contribution < 1.29 is 9.53 Å². The first-order chi connectivity index (χ1) is 10.9. The Morgan fingerprint density at radius 2 is 2.13 bits per heavy atom. The molecule has 1 aliphatic heterocycles. The fourth-order valence-corrected chi connectivity index (χ4v) is 3.06. The number of hydrogen-bond acceptors (Lipinski definition) is 3. The van der Waals surface area contributed by atoms with Crippen molar-refractivity contribution in [2.24, 2.45) is 0 Å². The van der Waals surface area contributed by atoms with Gasteiger partial charge in [-0.1, -0.05) is 18.2 Å². The molecule has 2 aromatic rings. The zero-order valence-electron chi connectivity index (χ0n) is 14.1. The Kier molecular flexibility index (Phi) is 4.31. The number of H-pyrrole nitrogens is 1. The molecular weight excluding hydrogens is 290 g/mol. The van der Waals surface area contributed by atoms with Crippen molar-refractivity contribution in [2.75, 3.05) is 19.6 Å². The van der Waals surface area contributed by atoms with Gasteiger partial charge in [-0.3, -0.25) is 0 Å². The largest absolute Gasteiger partial charge is 0.444 e. The number of carbonyl (C=O) groups is 1. The minimum absolute atomic E-state index is 0.109. The summed E-state index contributed by atoms with van der Waals surface area (Å²) in [5.41, 5.74) is 1.91. The number of piperazine rings is 1. The molecule has 1 fully saturated rings. The Bertz CT molecular complexity index is 687. The summed E-state index contributed by atoms with van der Waals surface area (Å²) in [5.74, 6) is 0. The first kappa shape index (κ1) is 15.9. The van der Waals surface area contributed by atoms with Crippen LogP contribution < -0.4 is 5.32 Å². The molecule has 2 N–H and O–H groups in total. The number of hydrogen-bond donors (Lipinski definition) is 2. The third kappa shape index (κ3) is 3.67. The van der Waals surface area contributed by atoms with Crippen molar-refractivity contribution in [1.29, 1.82) is 0 Å². The lowest BCUT2D eigenvalue weighted by atomic mass is 10.0. The van der Waals surface area contributed by atoms with Crippen LogP contribution in [0.5, 0.6) is 0 Å². The maximum Gasteiger partial charge on any atom is 0.410 e. The van der Waals surface area contributed by atoms with E-state index in [-0.39, 0.29) is 12.1 Å². The number of ether oxygens (including phenoxy) is 1. The number of para-hydroxylation sites is 1. The quantitative estimate of drug-likeness (QED) is 0.896. The van der Waals surface area contributed by atoms with Crippen molar-refractivity contribution in [3.05, 3.63) is 36.0 Å². The van der Waals surface area contributed by atoms with Crippen LogP contribution in [0.2, 0.25) is 0 Å². The normalized spacial score (nSPS) is 19.1. The number of aromatic nitrogens is 1. The van der Waals surface area contributed by atoms with Crippen molar-refractivity contribution in [3.8, 4) is 0 Å². The van der Waals surface area contributed by atoms with E-state index in [4.69, 9.17) is 4.74 Å². The zero-order chi connectivity index (χ0) is 16.4. The Hall–Kier alpha value is -2.01. The maximum atomic E-state index is 12.5. The number of fused-ring (bicyclic) bond motifs is 1. The summed E-state index contributed by atoms with van der Waals surface area (Å²) >= 11 is 0. The van der Waals surface area contributed by atoms with E-state index in [1.54, 1.807) is 0 Å². The zero-order valence-corrected chi connectivity index (χ0v) is 14.1. The van der Waals surface area contributed by atoms with E-state index in [1.807, 2.05) is 44.0 Å². The third-order valence-electron chi connectivity index (χ3n) is 4.11. The van der Waals surface area contributed by atoms with Gasteiger partial charge in [0.05, 0.1) is 6.04 Å². The monoisotopic (exact) mass is 315 g/mol. The van der Waals surface area contributed by atoms with Crippen molar-refractivity contribution in [3.63, 3.8) is 0 Å². The molecular formula is C18H25N3O2. The fraction of sp³-hybridized carbons (Fsp3) is 0.500. The second-order valence-electron chi connectivity index (χ2n) is 7.10. The van der Waals surface area contributed by atoms with E-state index >= 15 is 0 Å². The molecule has 0 aliphatic carbocycles. The van der Waals surface area contributed by atoms with Crippen molar-refractivity contribution in [1.82, 2.24) is 15.2 Å². The van der Waals surface area contributed by atoms with Gasteiger partial charge in [0.15, 0.2) is 0 Å². The van der Waals surface area contributed by atoms with Gasteiger partial charge in [0, 0.05) is 36.7 Å². The molecule has 1 aromatic heterocycles. The number of amides is 1. The molecule has 0 spiro atoms. The fourth-order valence-electron chi connectivity index (χ4n) is 3.06. The van der Waals surface area contributed by atoms with E-state index in [0.717, 1.165) is 25.0 Å². The van der Waals surface area contributed by atoms with Crippen LogP contribution in [-0.4, -0.2) is 47.3 Å². The Labute approximate surface area is 137 Å². The summed E-state index contributed by atoms with van der Waals surface area (Å²) < 4.78 is 5.57. The highest BCUT2D eigenvalue weighted by atomic mass is 16.6. The van der Waals surface area contributed by atoms with E-state index in [2.05, 4.69) is 22.4 Å². The SMILES string of the molecule is CC(C)(C)OC(=O)N1CCNC[C@@H]1Cc1c[nH]c2ccccc12. The number of carbonyl (C=O) groups excluding carboxylic acids is 1. The molecule has 1 amide bonds. The van der Waals surface area contributed by atoms with Gasteiger partial charge in [-0.05, 0) is 38.8 Å². The molecule has 5 heteroatoms. The summed E-state index contributed by atoms with van der Waals surface area (Å²) in [5, 5.41) is 4.61. The molecule has 5 nitrogen and oxygen atoms in total. The average molecular weight is 315 g/mol. The van der Waals surface area contributed by atoms with Gasteiger partial charge >= 0.3 is 6.09 Å². The predicted octanol–water partition coefficient (Wildman–Crippen LogP) is 2.92. The topological polar surface area (TPSA) is 57.4 Å². The number of benzene rings is 1. The molecule has 23 heavy (non-hydrogen) atoms. The van der Waals surface area contributed by atoms with Crippen LogP contribution in [0.15, 0.2) is 30.5 Å². The van der Waals surface area contributed by atoms with Gasteiger partial charge in [-0.15, -0.1) is 0 Å². The van der Waals surface area contributed by atoms with Crippen LogP contribution in [0.25, 0.3) is 10.9 Å². The van der Waals surface area contributed by atoms with Crippen molar-refractivity contribution >= 4 is 17.0 Å². The van der Waals surface area contributed by atoms with Gasteiger partial charge in [-0.25, -0.2) is 4.79 Å². The smallest absolute Gasteiger partial charge is 0.410 e. The third-order valence-corrected chi connectivity index (χ3v) is 4.11. The number of nitrogens with one attached hydrogen (secondary N) is 2. The molecule has 0 saturated carbocycles. The molecule has 124 valence electrons.